The number of aromatic nitrogens is 4. The maximum absolute atomic E-state index is 13.5. The van der Waals surface area contributed by atoms with E-state index in [9.17, 15) is 13.2 Å². The normalized spacial score (nSPS) is 17.1. The summed E-state index contributed by atoms with van der Waals surface area (Å²) in [6.07, 6.45) is 2.64. The van der Waals surface area contributed by atoms with Crippen LogP contribution >= 0.6 is 0 Å². The molecule has 1 aliphatic rings. The topological polar surface area (TPSA) is 123 Å². The predicted octanol–water partition coefficient (Wildman–Crippen LogP) is 3.90. The van der Waals surface area contributed by atoms with Gasteiger partial charge in [0.15, 0.2) is 10.8 Å². The molecule has 11 nitrogen and oxygen atoms in total. The summed E-state index contributed by atoms with van der Waals surface area (Å²) in [6.45, 7) is 13.7. The molecule has 12 heteroatoms. The van der Waals surface area contributed by atoms with Crippen LogP contribution in [0.25, 0.3) is 5.82 Å². The Hall–Kier alpha value is -3.67. The van der Waals surface area contributed by atoms with E-state index in [-0.39, 0.29) is 21.5 Å². The first-order chi connectivity index (χ1) is 18.6. The van der Waals surface area contributed by atoms with E-state index >= 15 is 0 Å². The van der Waals surface area contributed by atoms with E-state index in [1.54, 1.807) is 60.2 Å². The highest BCUT2D eigenvalue weighted by Gasteiger charge is 2.39. The molecule has 3 aromatic heterocycles. The smallest absolute Gasteiger partial charge is 0.281 e. The number of ether oxygens (including phenoxy) is 1. The lowest BCUT2D eigenvalue weighted by molar-refractivity contribution is 0.0981. The van der Waals surface area contributed by atoms with Crippen molar-refractivity contribution in [3.8, 4) is 11.7 Å². The van der Waals surface area contributed by atoms with Gasteiger partial charge in [-0.15, -0.1) is 5.10 Å². The first-order valence-corrected chi connectivity index (χ1v) is 14.7. The van der Waals surface area contributed by atoms with Crippen molar-refractivity contribution in [2.45, 2.75) is 58.5 Å². The third-order valence-electron chi connectivity index (χ3n) is 6.56. The number of carbonyl (C=O) groups is 1. The molecule has 4 heterocycles. The fourth-order valence-corrected chi connectivity index (χ4v) is 5.67. The molecule has 216 valence electrons. The minimum absolute atomic E-state index is 0.0219. The summed E-state index contributed by atoms with van der Waals surface area (Å²) >= 11 is 0. The monoisotopic (exact) mass is 569 g/mol. The summed E-state index contributed by atoms with van der Waals surface area (Å²) in [5.74, 6) is 1.38. The van der Waals surface area contributed by atoms with Crippen LogP contribution in [-0.2, 0) is 10.0 Å². The van der Waals surface area contributed by atoms with E-state index in [0.29, 0.717) is 42.4 Å². The molecule has 4 rings (SSSR count). The van der Waals surface area contributed by atoms with Crippen LogP contribution in [-0.4, -0.2) is 66.9 Å². The fourth-order valence-electron chi connectivity index (χ4n) is 4.74. The zero-order valence-corrected chi connectivity index (χ0v) is 25.3. The van der Waals surface area contributed by atoms with Crippen molar-refractivity contribution in [2.75, 3.05) is 37.0 Å². The van der Waals surface area contributed by atoms with Crippen molar-refractivity contribution in [3.05, 3.63) is 48.2 Å². The molecule has 0 unspecified atom stereocenters. The van der Waals surface area contributed by atoms with Gasteiger partial charge in [-0.05, 0) is 55.9 Å². The first kappa shape index (κ1) is 29.3. The van der Waals surface area contributed by atoms with Gasteiger partial charge in [-0.3, -0.25) is 4.79 Å². The highest BCUT2D eigenvalue weighted by molar-refractivity contribution is 7.90. The van der Waals surface area contributed by atoms with Crippen molar-refractivity contribution in [3.63, 3.8) is 0 Å². The second-order valence-electron chi connectivity index (χ2n) is 12.4. The summed E-state index contributed by atoms with van der Waals surface area (Å²) < 4.78 is 35.9. The summed E-state index contributed by atoms with van der Waals surface area (Å²) in [6, 6.07) is 9.61. The second-order valence-corrected chi connectivity index (χ2v) is 14.0. The molecule has 1 atom stereocenters. The van der Waals surface area contributed by atoms with E-state index in [2.05, 4.69) is 61.2 Å². The molecular formula is C28H39N7O4S. The average Bonchev–Trinajstić information content (AvgIpc) is 3.44. The Bertz CT molecular complexity index is 1490. The van der Waals surface area contributed by atoms with Crippen molar-refractivity contribution in [1.82, 2.24) is 24.5 Å². The Morgan fingerprint density at radius 3 is 2.50 bits per heavy atom. The van der Waals surface area contributed by atoms with Crippen LogP contribution in [0.2, 0.25) is 0 Å². The third-order valence-corrected chi connectivity index (χ3v) is 7.79. The van der Waals surface area contributed by atoms with Gasteiger partial charge in [0.2, 0.25) is 5.88 Å². The van der Waals surface area contributed by atoms with Crippen LogP contribution in [0.1, 0.15) is 58.3 Å². The lowest BCUT2D eigenvalue weighted by atomic mass is 9.97. The molecular weight excluding hydrogens is 530 g/mol. The second kappa shape index (κ2) is 10.7. The highest BCUT2D eigenvalue weighted by atomic mass is 32.2. The number of anilines is 2. The van der Waals surface area contributed by atoms with Gasteiger partial charge in [-0.1, -0.05) is 33.8 Å². The highest BCUT2D eigenvalue weighted by Crippen LogP contribution is 2.37. The van der Waals surface area contributed by atoms with Crippen LogP contribution in [0.15, 0.2) is 47.6 Å². The van der Waals surface area contributed by atoms with E-state index in [4.69, 9.17) is 9.72 Å². The minimum Gasteiger partial charge on any atom is -0.476 e. The lowest BCUT2D eigenvalue weighted by Gasteiger charge is -2.34. The quantitative estimate of drug-likeness (QED) is 0.430. The molecule has 1 fully saturated rings. The molecule has 0 radical (unpaired) electrons. The molecule has 1 N–H and O–H groups in total. The Morgan fingerprint density at radius 1 is 1.15 bits per heavy atom. The minimum atomic E-state index is -4.24. The summed E-state index contributed by atoms with van der Waals surface area (Å²) in [5, 5.41) is 4.26. The van der Waals surface area contributed by atoms with Crippen molar-refractivity contribution in [2.24, 2.45) is 11.3 Å². The first-order valence-electron chi connectivity index (χ1n) is 13.2. The Morgan fingerprint density at radius 2 is 1.88 bits per heavy atom. The number of hydrogen-bond donors (Lipinski definition) is 1. The van der Waals surface area contributed by atoms with Crippen LogP contribution in [0.5, 0.6) is 5.88 Å². The van der Waals surface area contributed by atoms with E-state index in [1.165, 1.54) is 6.07 Å². The van der Waals surface area contributed by atoms with Gasteiger partial charge in [0, 0.05) is 38.4 Å². The summed E-state index contributed by atoms with van der Waals surface area (Å²) in [5.41, 5.74) is -0.174. The number of pyridine rings is 2. The maximum Gasteiger partial charge on any atom is 0.281 e. The lowest BCUT2D eigenvalue weighted by Crippen LogP contribution is -2.41. The number of nitrogens with zero attached hydrogens (tertiary/aromatic N) is 6. The Labute approximate surface area is 236 Å². The SMILES string of the molecule is C[C@@H]1CN(c2nc(-n3ccc(OCC(C)(C)C)n3)ccc2C(=O)NS(=O)(=O)c2cccc(N(C)C)n2)C(C)(C)C1. The number of amides is 1. The molecule has 0 aromatic carbocycles. The van der Waals surface area contributed by atoms with Gasteiger partial charge in [-0.25, -0.2) is 19.4 Å². The average molecular weight is 570 g/mol. The third kappa shape index (κ3) is 6.55. The van der Waals surface area contributed by atoms with Gasteiger partial charge >= 0.3 is 0 Å². The van der Waals surface area contributed by atoms with Crippen molar-refractivity contribution >= 4 is 27.6 Å². The molecule has 0 saturated carbocycles. The van der Waals surface area contributed by atoms with E-state index in [1.807, 2.05) is 0 Å². The number of sulfonamides is 1. The molecule has 0 aliphatic carbocycles. The van der Waals surface area contributed by atoms with Crippen LogP contribution in [0, 0.1) is 11.3 Å². The van der Waals surface area contributed by atoms with Crippen LogP contribution in [0.3, 0.4) is 0 Å². The molecule has 0 bridgehead atoms. The largest absolute Gasteiger partial charge is 0.476 e. The summed E-state index contributed by atoms with van der Waals surface area (Å²) in [7, 11) is -0.721. The van der Waals surface area contributed by atoms with Gasteiger partial charge < -0.3 is 14.5 Å². The maximum atomic E-state index is 13.5. The zero-order valence-electron chi connectivity index (χ0n) is 24.5. The van der Waals surface area contributed by atoms with Crippen molar-refractivity contribution < 1.29 is 17.9 Å². The molecule has 1 amide bonds. The van der Waals surface area contributed by atoms with Gasteiger partial charge in [-0.2, -0.15) is 8.42 Å². The van der Waals surface area contributed by atoms with E-state index in [0.717, 1.165) is 6.42 Å². The molecule has 1 aliphatic heterocycles. The number of carbonyl (C=O) groups excluding carboxylic acids is 1. The van der Waals surface area contributed by atoms with E-state index < -0.39 is 15.9 Å². The fraction of sp³-hybridized carbons (Fsp3) is 0.500. The standard InChI is InChI=1S/C28H39N7O4S/c1-19-16-28(5,6)34(17-19)25-20(26(36)32-40(37,38)24-11-9-10-21(29-24)33(7)8)12-13-22(30-25)35-15-14-23(31-35)39-18-27(2,3)4/h9-15,19H,16-18H2,1-8H3,(H,32,36)/t19-/m0/s1. The molecule has 1 saturated heterocycles. The predicted molar refractivity (Wildman–Crippen MR) is 155 cm³/mol. The number of nitrogens with one attached hydrogen (secondary N) is 1. The molecule has 40 heavy (non-hydrogen) atoms. The molecule has 0 spiro atoms. The zero-order chi connectivity index (χ0) is 29.5. The van der Waals surface area contributed by atoms with Gasteiger partial charge in [0.1, 0.15) is 11.6 Å². The van der Waals surface area contributed by atoms with Crippen LogP contribution in [0.4, 0.5) is 11.6 Å². The van der Waals surface area contributed by atoms with Crippen molar-refractivity contribution in [1.29, 1.82) is 0 Å². The van der Waals surface area contributed by atoms with Gasteiger partial charge in [0.25, 0.3) is 15.9 Å². The molecule has 3 aromatic rings. The van der Waals surface area contributed by atoms with Crippen LogP contribution < -0.4 is 19.3 Å². The Balaban J connectivity index is 1.70. The number of rotatable bonds is 8. The number of hydrogen-bond acceptors (Lipinski definition) is 9. The van der Waals surface area contributed by atoms with Gasteiger partial charge in [0.05, 0.1) is 12.2 Å². The summed E-state index contributed by atoms with van der Waals surface area (Å²) in [4.78, 5) is 26.3. The Kier molecular flexibility index (Phi) is 7.85.